The van der Waals surface area contributed by atoms with Gasteiger partial charge in [-0.25, -0.2) is 0 Å². The van der Waals surface area contributed by atoms with Crippen LogP contribution in [0.5, 0.6) is 5.75 Å². The number of hydrogen-bond acceptors (Lipinski definition) is 6. The van der Waals surface area contributed by atoms with E-state index in [1.165, 1.54) is 16.4 Å². The standard InChI is InChI=1S/C15H18N4O2S/c1-10(2)21-13-7-5-12(6-8-13)9-16-19-14(20)11(3)17-18-15(19)22-4/h5-10H,1-4H3/b16-9-. The number of benzene rings is 1. The monoisotopic (exact) mass is 318 g/mol. The van der Waals surface area contributed by atoms with E-state index in [1.807, 2.05) is 44.4 Å². The van der Waals surface area contributed by atoms with E-state index < -0.39 is 0 Å². The van der Waals surface area contributed by atoms with Crippen LogP contribution in [0.25, 0.3) is 0 Å². The van der Waals surface area contributed by atoms with Crippen molar-refractivity contribution in [2.75, 3.05) is 6.26 Å². The first kappa shape index (κ1) is 16.2. The number of rotatable bonds is 5. The van der Waals surface area contributed by atoms with Gasteiger partial charge in [0.1, 0.15) is 11.4 Å². The number of hydrogen-bond donors (Lipinski definition) is 0. The summed E-state index contributed by atoms with van der Waals surface area (Å²) >= 11 is 1.32. The predicted octanol–water partition coefficient (Wildman–Crippen LogP) is 2.34. The third-order valence-corrected chi connectivity index (χ3v) is 3.35. The minimum atomic E-state index is -0.268. The summed E-state index contributed by atoms with van der Waals surface area (Å²) in [6.45, 7) is 5.57. The lowest BCUT2D eigenvalue weighted by atomic mass is 10.2. The maximum absolute atomic E-state index is 12.1. The van der Waals surface area contributed by atoms with Gasteiger partial charge in [-0.15, -0.1) is 10.2 Å². The molecule has 1 aromatic carbocycles. The normalized spacial score (nSPS) is 11.3. The van der Waals surface area contributed by atoms with Gasteiger partial charge in [0.25, 0.3) is 5.56 Å². The minimum absolute atomic E-state index is 0.132. The van der Waals surface area contributed by atoms with Gasteiger partial charge < -0.3 is 4.74 Å². The molecule has 0 bridgehead atoms. The zero-order chi connectivity index (χ0) is 16.1. The van der Waals surface area contributed by atoms with Gasteiger partial charge in [0.05, 0.1) is 12.3 Å². The summed E-state index contributed by atoms with van der Waals surface area (Å²) < 4.78 is 6.84. The number of ether oxygens (including phenoxy) is 1. The summed E-state index contributed by atoms with van der Waals surface area (Å²) in [6.07, 6.45) is 3.57. The highest BCUT2D eigenvalue weighted by molar-refractivity contribution is 7.98. The fourth-order valence-corrected chi connectivity index (χ4v) is 2.13. The highest BCUT2D eigenvalue weighted by atomic mass is 32.2. The Morgan fingerprint density at radius 2 is 1.95 bits per heavy atom. The Labute approximate surface area is 133 Å². The summed E-state index contributed by atoms with van der Waals surface area (Å²) in [5.74, 6) is 0.801. The van der Waals surface area contributed by atoms with E-state index in [-0.39, 0.29) is 11.7 Å². The van der Waals surface area contributed by atoms with E-state index in [1.54, 1.807) is 13.1 Å². The van der Waals surface area contributed by atoms with Crippen LogP contribution in [-0.4, -0.2) is 33.4 Å². The molecule has 0 amide bonds. The molecule has 0 aliphatic carbocycles. The fraction of sp³-hybridized carbons (Fsp3) is 0.333. The molecular formula is C15H18N4O2S. The second-order valence-electron chi connectivity index (χ2n) is 4.87. The van der Waals surface area contributed by atoms with Crippen molar-refractivity contribution in [2.45, 2.75) is 32.0 Å². The maximum atomic E-state index is 12.1. The molecule has 7 heteroatoms. The molecule has 2 aromatic rings. The van der Waals surface area contributed by atoms with Crippen molar-refractivity contribution in [1.29, 1.82) is 0 Å². The first-order chi connectivity index (χ1) is 10.5. The molecule has 0 aliphatic heterocycles. The lowest BCUT2D eigenvalue weighted by molar-refractivity contribution is 0.242. The molecule has 2 rings (SSSR count). The topological polar surface area (TPSA) is 69.4 Å². The summed E-state index contributed by atoms with van der Waals surface area (Å²) in [5, 5.41) is 12.4. The molecule has 0 radical (unpaired) electrons. The van der Waals surface area contributed by atoms with Crippen LogP contribution in [0, 0.1) is 6.92 Å². The Kier molecular flexibility index (Phi) is 5.32. The molecule has 116 valence electrons. The van der Waals surface area contributed by atoms with Crippen molar-refractivity contribution in [2.24, 2.45) is 5.10 Å². The van der Waals surface area contributed by atoms with Gasteiger partial charge in [0.2, 0.25) is 5.16 Å². The number of nitrogens with zero attached hydrogens (tertiary/aromatic N) is 4. The quantitative estimate of drug-likeness (QED) is 0.625. The molecular weight excluding hydrogens is 300 g/mol. The Morgan fingerprint density at radius 3 is 2.55 bits per heavy atom. The van der Waals surface area contributed by atoms with Crippen molar-refractivity contribution in [1.82, 2.24) is 14.9 Å². The zero-order valence-corrected chi connectivity index (χ0v) is 13.8. The highest BCUT2D eigenvalue weighted by Gasteiger charge is 2.07. The van der Waals surface area contributed by atoms with Gasteiger partial charge in [0, 0.05) is 0 Å². The van der Waals surface area contributed by atoms with Crippen LogP contribution in [0.3, 0.4) is 0 Å². The number of aromatic nitrogens is 3. The SMILES string of the molecule is CSc1nnc(C)c(=O)n1/N=C\c1ccc(OC(C)C)cc1. The van der Waals surface area contributed by atoms with Crippen LogP contribution < -0.4 is 10.3 Å². The highest BCUT2D eigenvalue weighted by Crippen LogP contribution is 2.13. The Hall–Kier alpha value is -2.15. The van der Waals surface area contributed by atoms with Crippen molar-refractivity contribution in [3.8, 4) is 5.75 Å². The lowest BCUT2D eigenvalue weighted by Crippen LogP contribution is -2.23. The molecule has 0 spiro atoms. The molecule has 0 aliphatic rings. The van der Waals surface area contributed by atoms with Crippen LogP contribution in [-0.2, 0) is 0 Å². The van der Waals surface area contributed by atoms with Gasteiger partial charge in [-0.2, -0.15) is 9.78 Å². The van der Waals surface area contributed by atoms with Crippen LogP contribution in [0.4, 0.5) is 0 Å². The van der Waals surface area contributed by atoms with Crippen LogP contribution in [0.2, 0.25) is 0 Å². The Bertz CT molecular complexity index is 723. The van der Waals surface area contributed by atoms with Crippen molar-refractivity contribution >= 4 is 18.0 Å². The summed E-state index contributed by atoms with van der Waals surface area (Å²) in [7, 11) is 0. The minimum Gasteiger partial charge on any atom is -0.491 e. The van der Waals surface area contributed by atoms with Gasteiger partial charge in [-0.1, -0.05) is 11.8 Å². The summed E-state index contributed by atoms with van der Waals surface area (Å²) in [4.78, 5) is 12.1. The average molecular weight is 318 g/mol. The van der Waals surface area contributed by atoms with E-state index in [2.05, 4.69) is 15.3 Å². The van der Waals surface area contributed by atoms with Crippen molar-refractivity contribution in [3.63, 3.8) is 0 Å². The third-order valence-electron chi connectivity index (χ3n) is 2.73. The summed E-state index contributed by atoms with van der Waals surface area (Å²) in [6, 6.07) is 7.50. The second kappa shape index (κ2) is 7.22. The molecule has 1 aromatic heterocycles. The van der Waals surface area contributed by atoms with Gasteiger partial charge in [-0.05, 0) is 56.9 Å². The smallest absolute Gasteiger partial charge is 0.296 e. The molecule has 22 heavy (non-hydrogen) atoms. The van der Waals surface area contributed by atoms with Gasteiger partial charge in [0.15, 0.2) is 0 Å². The largest absolute Gasteiger partial charge is 0.491 e. The first-order valence-electron chi connectivity index (χ1n) is 6.82. The van der Waals surface area contributed by atoms with E-state index >= 15 is 0 Å². The Balaban J connectivity index is 2.25. The van der Waals surface area contributed by atoms with Crippen LogP contribution in [0.1, 0.15) is 25.1 Å². The van der Waals surface area contributed by atoms with Crippen LogP contribution in [0.15, 0.2) is 39.3 Å². The van der Waals surface area contributed by atoms with E-state index in [0.29, 0.717) is 10.9 Å². The maximum Gasteiger partial charge on any atom is 0.296 e. The van der Waals surface area contributed by atoms with Gasteiger partial charge in [-0.3, -0.25) is 4.79 Å². The van der Waals surface area contributed by atoms with Gasteiger partial charge >= 0.3 is 0 Å². The van der Waals surface area contributed by atoms with E-state index in [4.69, 9.17) is 4.74 Å². The molecule has 0 N–H and O–H groups in total. The molecule has 0 atom stereocenters. The predicted molar refractivity (Wildman–Crippen MR) is 88.0 cm³/mol. The summed E-state index contributed by atoms with van der Waals surface area (Å²) in [5.41, 5.74) is 0.913. The number of aryl methyl sites for hydroxylation is 1. The van der Waals surface area contributed by atoms with Crippen molar-refractivity contribution < 1.29 is 4.74 Å². The second-order valence-corrected chi connectivity index (χ2v) is 5.64. The molecule has 6 nitrogen and oxygen atoms in total. The molecule has 0 saturated carbocycles. The van der Waals surface area contributed by atoms with E-state index in [0.717, 1.165) is 11.3 Å². The first-order valence-corrected chi connectivity index (χ1v) is 8.05. The molecule has 1 heterocycles. The van der Waals surface area contributed by atoms with Crippen LogP contribution >= 0.6 is 11.8 Å². The van der Waals surface area contributed by atoms with Crippen molar-refractivity contribution in [3.05, 3.63) is 45.9 Å². The zero-order valence-electron chi connectivity index (χ0n) is 13.0. The lowest BCUT2D eigenvalue weighted by Gasteiger charge is -2.09. The molecule has 0 fully saturated rings. The average Bonchev–Trinajstić information content (AvgIpc) is 2.49. The fourth-order valence-electron chi connectivity index (χ4n) is 1.70. The molecule has 0 saturated heterocycles. The number of thioether (sulfide) groups is 1. The van der Waals surface area contributed by atoms with E-state index in [9.17, 15) is 4.79 Å². The third kappa shape index (κ3) is 3.94. The molecule has 0 unspecified atom stereocenters. The Morgan fingerprint density at radius 1 is 1.27 bits per heavy atom.